The number of hydrazone groups is 1. The van der Waals surface area contributed by atoms with Crippen molar-refractivity contribution in [3.8, 4) is 0 Å². The van der Waals surface area contributed by atoms with Crippen LogP contribution in [-0.4, -0.2) is 23.7 Å². The first-order chi connectivity index (χ1) is 12.6. The van der Waals surface area contributed by atoms with Gasteiger partial charge in [-0.25, -0.2) is 5.43 Å². The van der Waals surface area contributed by atoms with Crippen molar-refractivity contribution >= 4 is 46.4 Å². The minimum Gasteiger partial charge on any atom is -0.318 e. The van der Waals surface area contributed by atoms with Gasteiger partial charge >= 0.3 is 12.1 Å². The van der Waals surface area contributed by atoms with Crippen molar-refractivity contribution < 1.29 is 22.8 Å². The number of halogens is 5. The van der Waals surface area contributed by atoms with E-state index in [9.17, 15) is 22.8 Å². The molecule has 0 aliphatic carbocycles. The lowest BCUT2D eigenvalue weighted by Gasteiger charge is -2.08. The van der Waals surface area contributed by atoms with Gasteiger partial charge < -0.3 is 5.32 Å². The molecule has 0 radical (unpaired) electrons. The molecule has 0 bridgehead atoms. The van der Waals surface area contributed by atoms with Crippen molar-refractivity contribution in [1.29, 1.82) is 0 Å². The molecule has 2 aromatic carbocycles. The van der Waals surface area contributed by atoms with E-state index in [1.165, 1.54) is 42.5 Å². The van der Waals surface area contributed by atoms with Gasteiger partial charge in [-0.2, -0.15) is 18.3 Å². The number of amides is 2. The molecule has 0 aliphatic rings. The van der Waals surface area contributed by atoms with Gasteiger partial charge in [0.1, 0.15) is 0 Å². The standard InChI is InChI=1S/C17H12Cl2F3N3O2/c1-9(24-25-15(26)11-6-12(18)8-13(19)7-11)10-2-4-14(5-3-10)23-16(27)17(20,21)22/h2-8H,1H3,(H,23,27)(H,25,26)/b24-9+. The molecule has 2 rings (SSSR count). The van der Waals surface area contributed by atoms with E-state index in [1.807, 2.05) is 0 Å². The number of alkyl halides is 3. The number of nitrogens with one attached hydrogen (secondary N) is 2. The van der Waals surface area contributed by atoms with Crippen molar-refractivity contribution in [2.24, 2.45) is 5.10 Å². The summed E-state index contributed by atoms with van der Waals surface area (Å²) in [5.74, 6) is -2.60. The average molecular weight is 418 g/mol. The quantitative estimate of drug-likeness (QED) is 0.561. The van der Waals surface area contributed by atoms with E-state index in [-0.39, 0.29) is 11.3 Å². The van der Waals surface area contributed by atoms with E-state index >= 15 is 0 Å². The molecule has 0 fully saturated rings. The zero-order valence-electron chi connectivity index (χ0n) is 13.7. The number of benzene rings is 2. The monoisotopic (exact) mass is 417 g/mol. The van der Waals surface area contributed by atoms with Crippen LogP contribution < -0.4 is 10.7 Å². The SMILES string of the molecule is C/C(=N\NC(=O)c1cc(Cl)cc(Cl)c1)c1ccc(NC(=O)C(F)(F)F)cc1. The smallest absolute Gasteiger partial charge is 0.318 e. The topological polar surface area (TPSA) is 70.6 Å². The molecule has 0 heterocycles. The molecule has 0 aromatic heterocycles. The molecule has 0 atom stereocenters. The number of rotatable bonds is 4. The Hall–Kier alpha value is -2.58. The molecule has 0 spiro atoms. The Morgan fingerprint density at radius 2 is 1.52 bits per heavy atom. The van der Waals surface area contributed by atoms with Crippen LogP contribution in [0.4, 0.5) is 18.9 Å². The van der Waals surface area contributed by atoms with Crippen LogP contribution in [0.15, 0.2) is 47.6 Å². The number of hydrogen-bond acceptors (Lipinski definition) is 3. The van der Waals surface area contributed by atoms with Gasteiger partial charge in [0.15, 0.2) is 0 Å². The number of hydrogen-bond donors (Lipinski definition) is 2. The molecule has 0 aliphatic heterocycles. The Balaban J connectivity index is 2.05. The largest absolute Gasteiger partial charge is 0.471 e. The second kappa shape index (κ2) is 8.41. The van der Waals surface area contributed by atoms with E-state index in [2.05, 4.69) is 10.5 Å². The van der Waals surface area contributed by atoms with E-state index in [4.69, 9.17) is 23.2 Å². The predicted molar refractivity (Wildman–Crippen MR) is 97.3 cm³/mol. The van der Waals surface area contributed by atoms with Crippen LogP contribution in [0.3, 0.4) is 0 Å². The van der Waals surface area contributed by atoms with Crippen LogP contribution in [0.25, 0.3) is 0 Å². The highest BCUT2D eigenvalue weighted by atomic mass is 35.5. The van der Waals surface area contributed by atoms with Gasteiger partial charge in [-0.1, -0.05) is 35.3 Å². The van der Waals surface area contributed by atoms with Crippen LogP contribution in [0.1, 0.15) is 22.8 Å². The zero-order chi connectivity index (χ0) is 20.2. The van der Waals surface area contributed by atoms with E-state index in [1.54, 1.807) is 12.2 Å². The summed E-state index contributed by atoms with van der Waals surface area (Å²) in [7, 11) is 0. The molecular formula is C17H12Cl2F3N3O2. The Morgan fingerprint density at radius 1 is 0.963 bits per heavy atom. The Morgan fingerprint density at radius 3 is 2.04 bits per heavy atom. The fraction of sp³-hybridized carbons (Fsp3) is 0.118. The fourth-order valence-corrected chi connectivity index (χ4v) is 2.47. The first-order valence-electron chi connectivity index (χ1n) is 7.35. The minimum atomic E-state index is -4.97. The van der Waals surface area contributed by atoms with Crippen molar-refractivity contribution in [3.05, 3.63) is 63.6 Å². The van der Waals surface area contributed by atoms with Crippen LogP contribution in [0, 0.1) is 0 Å². The summed E-state index contributed by atoms with van der Waals surface area (Å²) in [5.41, 5.74) is 3.45. The molecule has 10 heteroatoms. The van der Waals surface area contributed by atoms with Gasteiger partial charge in [0, 0.05) is 21.3 Å². The van der Waals surface area contributed by atoms with Gasteiger partial charge in [0.25, 0.3) is 5.91 Å². The normalized spacial score (nSPS) is 11.9. The Labute approximate surface area is 162 Å². The molecule has 0 saturated heterocycles. The third kappa shape index (κ3) is 5.97. The van der Waals surface area contributed by atoms with E-state index in [0.717, 1.165) is 0 Å². The minimum absolute atomic E-state index is 0.0218. The third-order valence-electron chi connectivity index (χ3n) is 3.27. The number of nitrogens with zero attached hydrogens (tertiary/aromatic N) is 1. The fourth-order valence-electron chi connectivity index (χ4n) is 1.95. The average Bonchev–Trinajstić information content (AvgIpc) is 2.58. The summed E-state index contributed by atoms with van der Waals surface area (Å²) >= 11 is 11.7. The Bertz CT molecular complexity index is 877. The number of anilines is 1. The van der Waals surface area contributed by atoms with Gasteiger partial charge in [-0.15, -0.1) is 0 Å². The van der Waals surface area contributed by atoms with Gasteiger partial charge in [-0.05, 0) is 42.8 Å². The van der Waals surface area contributed by atoms with Crippen molar-refractivity contribution in [3.63, 3.8) is 0 Å². The lowest BCUT2D eigenvalue weighted by molar-refractivity contribution is -0.167. The summed E-state index contributed by atoms with van der Waals surface area (Å²) in [6, 6.07) is 9.80. The van der Waals surface area contributed by atoms with Gasteiger partial charge in [0.2, 0.25) is 0 Å². The molecule has 5 nitrogen and oxygen atoms in total. The van der Waals surface area contributed by atoms with Gasteiger partial charge in [-0.3, -0.25) is 9.59 Å². The maximum atomic E-state index is 12.2. The van der Waals surface area contributed by atoms with Crippen molar-refractivity contribution in [1.82, 2.24) is 5.43 Å². The van der Waals surface area contributed by atoms with Crippen molar-refractivity contribution in [2.45, 2.75) is 13.1 Å². The van der Waals surface area contributed by atoms with Crippen LogP contribution in [0.2, 0.25) is 10.0 Å². The lowest BCUT2D eigenvalue weighted by atomic mass is 10.1. The molecule has 2 aromatic rings. The first-order valence-corrected chi connectivity index (χ1v) is 8.11. The molecule has 0 saturated carbocycles. The molecule has 2 amide bonds. The highest BCUT2D eigenvalue weighted by Crippen LogP contribution is 2.20. The number of carbonyl (C=O) groups excluding carboxylic acids is 2. The van der Waals surface area contributed by atoms with Crippen LogP contribution in [0.5, 0.6) is 0 Å². The summed E-state index contributed by atoms with van der Waals surface area (Å²) < 4.78 is 36.7. The lowest BCUT2D eigenvalue weighted by Crippen LogP contribution is -2.29. The van der Waals surface area contributed by atoms with Crippen molar-refractivity contribution in [2.75, 3.05) is 5.32 Å². The molecular weight excluding hydrogens is 406 g/mol. The van der Waals surface area contributed by atoms with Gasteiger partial charge in [0.05, 0.1) is 5.71 Å². The second-order valence-electron chi connectivity index (χ2n) is 5.33. The summed E-state index contributed by atoms with van der Waals surface area (Å²) in [5, 5.41) is 6.25. The van der Waals surface area contributed by atoms with Crippen LogP contribution in [-0.2, 0) is 4.79 Å². The zero-order valence-corrected chi connectivity index (χ0v) is 15.2. The summed E-state index contributed by atoms with van der Waals surface area (Å²) in [6.45, 7) is 1.59. The molecule has 2 N–H and O–H groups in total. The highest BCUT2D eigenvalue weighted by Gasteiger charge is 2.38. The number of carbonyl (C=O) groups is 2. The maximum absolute atomic E-state index is 12.2. The third-order valence-corrected chi connectivity index (χ3v) is 3.70. The van der Waals surface area contributed by atoms with E-state index < -0.39 is 18.0 Å². The second-order valence-corrected chi connectivity index (χ2v) is 6.20. The maximum Gasteiger partial charge on any atom is 0.471 e. The molecule has 27 heavy (non-hydrogen) atoms. The summed E-state index contributed by atoms with van der Waals surface area (Å²) in [4.78, 5) is 23.0. The first kappa shape index (κ1) is 20.7. The van der Waals surface area contributed by atoms with Crippen LogP contribution >= 0.6 is 23.2 Å². The molecule has 0 unspecified atom stereocenters. The van der Waals surface area contributed by atoms with E-state index in [0.29, 0.717) is 21.3 Å². The highest BCUT2D eigenvalue weighted by molar-refractivity contribution is 6.35. The Kier molecular flexibility index (Phi) is 6.45. The summed E-state index contributed by atoms with van der Waals surface area (Å²) in [6.07, 6.45) is -4.97. The molecule has 142 valence electrons. The predicted octanol–water partition coefficient (Wildman–Crippen LogP) is 4.65.